The van der Waals surface area contributed by atoms with E-state index in [1.165, 1.54) is 5.56 Å². The van der Waals surface area contributed by atoms with E-state index in [1.807, 2.05) is 43.3 Å². The van der Waals surface area contributed by atoms with Crippen LogP contribution in [0.25, 0.3) is 11.1 Å². The van der Waals surface area contributed by atoms with Gasteiger partial charge in [-0.15, -0.1) is 0 Å². The first kappa shape index (κ1) is 26.4. The lowest BCUT2D eigenvalue weighted by molar-refractivity contribution is -0.118. The maximum atomic E-state index is 13.1. The molecule has 1 amide bonds. The molecule has 1 saturated carbocycles. The lowest BCUT2D eigenvalue weighted by atomic mass is 9.99. The second-order valence-corrected chi connectivity index (χ2v) is 10.7. The Kier molecular flexibility index (Phi) is 8.12. The number of carbonyl (C=O) groups is 2. The molecule has 38 heavy (non-hydrogen) atoms. The molecule has 2 fully saturated rings. The number of likely N-dealkylation sites (tertiary alicyclic amines) is 1. The van der Waals surface area contributed by atoms with E-state index in [9.17, 15) is 14.7 Å². The van der Waals surface area contributed by atoms with Crippen molar-refractivity contribution >= 4 is 23.3 Å². The molecular formula is C31H33ClN2O4. The minimum Gasteiger partial charge on any atom is -0.489 e. The van der Waals surface area contributed by atoms with Crippen molar-refractivity contribution < 1.29 is 19.4 Å². The summed E-state index contributed by atoms with van der Waals surface area (Å²) in [4.78, 5) is 28.3. The third kappa shape index (κ3) is 6.44. The summed E-state index contributed by atoms with van der Waals surface area (Å²) in [6, 6.07) is 19.7. The number of nitrogens with one attached hydrogen (secondary N) is 1. The molecule has 2 N–H and O–H groups in total. The predicted molar refractivity (Wildman–Crippen MR) is 149 cm³/mol. The van der Waals surface area contributed by atoms with E-state index in [1.54, 1.807) is 30.3 Å². The van der Waals surface area contributed by atoms with Gasteiger partial charge in [0.25, 0.3) is 5.91 Å². The molecule has 3 aromatic rings. The first-order chi connectivity index (χ1) is 18.4. The fourth-order valence-electron chi connectivity index (χ4n) is 4.79. The van der Waals surface area contributed by atoms with Crippen LogP contribution in [-0.2, 0) is 4.79 Å². The third-order valence-corrected chi connectivity index (χ3v) is 7.50. The normalized spacial score (nSPS) is 17.1. The number of ketones is 1. The molecule has 7 heteroatoms. The van der Waals surface area contributed by atoms with Crippen LogP contribution in [0.5, 0.6) is 5.75 Å². The lowest BCUT2D eigenvalue weighted by Crippen LogP contribution is -2.48. The van der Waals surface area contributed by atoms with Crippen LogP contribution in [0.4, 0.5) is 0 Å². The summed E-state index contributed by atoms with van der Waals surface area (Å²) in [6.45, 7) is 4.25. The molecule has 1 aliphatic carbocycles. The molecule has 0 aromatic heterocycles. The van der Waals surface area contributed by atoms with Crippen molar-refractivity contribution in [1.29, 1.82) is 0 Å². The Morgan fingerprint density at radius 3 is 2.24 bits per heavy atom. The first-order valence-corrected chi connectivity index (χ1v) is 13.6. The van der Waals surface area contributed by atoms with E-state index in [0.717, 1.165) is 49.9 Å². The summed E-state index contributed by atoms with van der Waals surface area (Å²) in [6.07, 6.45) is 3.36. The Bertz CT molecular complexity index is 1280. The van der Waals surface area contributed by atoms with Gasteiger partial charge in [-0.1, -0.05) is 71.8 Å². The standard InChI is InChI=1S/C31H33ClN2O4/c1-20-4-6-21(7-5-20)22-8-10-23(11-9-22)30(36)31(37)33-27(19-34-16-2-3-17-34)29(35)24-12-15-28(26(32)18-24)38-25-13-14-25/h4-12,15,18,25,27,29,35H,2-3,13-14,16-17,19H2,1H3,(H,33,37)/t27-,29-/m1/s1. The number of nitrogens with zero attached hydrogens (tertiary/aromatic N) is 1. The number of aliphatic hydroxyl groups is 1. The smallest absolute Gasteiger partial charge is 0.292 e. The average molecular weight is 533 g/mol. The summed E-state index contributed by atoms with van der Waals surface area (Å²) in [5.74, 6) is -0.782. The molecule has 0 bridgehead atoms. The molecule has 1 saturated heterocycles. The number of aliphatic hydroxyl groups excluding tert-OH is 1. The van der Waals surface area contributed by atoms with Gasteiger partial charge in [0, 0.05) is 12.1 Å². The molecule has 1 heterocycles. The van der Waals surface area contributed by atoms with E-state index in [2.05, 4.69) is 10.2 Å². The minimum atomic E-state index is -1.04. The largest absolute Gasteiger partial charge is 0.489 e. The zero-order valence-corrected chi connectivity index (χ0v) is 22.3. The van der Waals surface area contributed by atoms with E-state index in [-0.39, 0.29) is 6.10 Å². The zero-order chi connectivity index (χ0) is 26.6. The Hall–Kier alpha value is -3.19. The topological polar surface area (TPSA) is 78.9 Å². The maximum absolute atomic E-state index is 13.1. The van der Waals surface area contributed by atoms with Gasteiger partial charge in [0.1, 0.15) is 11.9 Å². The monoisotopic (exact) mass is 532 g/mol. The molecule has 2 atom stereocenters. The van der Waals surface area contributed by atoms with Crippen LogP contribution in [0.1, 0.15) is 53.3 Å². The summed E-state index contributed by atoms with van der Waals surface area (Å²) in [7, 11) is 0. The number of rotatable bonds is 10. The minimum absolute atomic E-state index is 0.211. The second-order valence-electron chi connectivity index (χ2n) is 10.3. The van der Waals surface area contributed by atoms with Crippen LogP contribution < -0.4 is 10.1 Å². The fraction of sp³-hybridized carbons (Fsp3) is 0.355. The maximum Gasteiger partial charge on any atom is 0.292 e. The van der Waals surface area contributed by atoms with Crippen molar-refractivity contribution in [1.82, 2.24) is 10.2 Å². The zero-order valence-electron chi connectivity index (χ0n) is 21.5. The highest BCUT2D eigenvalue weighted by molar-refractivity contribution is 6.42. The van der Waals surface area contributed by atoms with Gasteiger partial charge in [-0.2, -0.15) is 0 Å². The summed E-state index contributed by atoms with van der Waals surface area (Å²) >= 11 is 6.43. The van der Waals surface area contributed by atoms with Crippen molar-refractivity contribution in [3.05, 3.63) is 88.4 Å². The number of hydrogen-bond donors (Lipinski definition) is 2. The van der Waals surface area contributed by atoms with Gasteiger partial charge >= 0.3 is 0 Å². The van der Waals surface area contributed by atoms with E-state index >= 15 is 0 Å². The van der Waals surface area contributed by atoms with Gasteiger partial charge in [0.2, 0.25) is 5.78 Å². The van der Waals surface area contributed by atoms with Crippen molar-refractivity contribution in [3.63, 3.8) is 0 Å². The number of ether oxygens (including phenoxy) is 1. The lowest BCUT2D eigenvalue weighted by Gasteiger charge is -2.28. The van der Waals surface area contributed by atoms with Gasteiger partial charge in [0.05, 0.1) is 17.2 Å². The highest BCUT2D eigenvalue weighted by Gasteiger charge is 2.30. The van der Waals surface area contributed by atoms with Gasteiger partial charge in [-0.25, -0.2) is 0 Å². The molecular weight excluding hydrogens is 500 g/mol. The Balaban J connectivity index is 1.29. The highest BCUT2D eigenvalue weighted by atomic mass is 35.5. The number of aryl methyl sites for hydroxylation is 1. The SMILES string of the molecule is Cc1ccc(-c2ccc(C(=O)C(=O)N[C@H](CN3CCCC3)[C@H](O)c3ccc(OC4CC4)c(Cl)c3)cc2)cc1. The molecule has 0 radical (unpaired) electrons. The molecule has 5 rings (SSSR count). The van der Waals surface area contributed by atoms with E-state index in [4.69, 9.17) is 16.3 Å². The van der Waals surface area contributed by atoms with E-state index in [0.29, 0.717) is 28.4 Å². The van der Waals surface area contributed by atoms with Crippen molar-refractivity contribution in [2.24, 2.45) is 0 Å². The predicted octanol–water partition coefficient (Wildman–Crippen LogP) is 5.35. The third-order valence-electron chi connectivity index (χ3n) is 7.20. The van der Waals surface area contributed by atoms with Crippen LogP contribution in [0.15, 0.2) is 66.7 Å². The molecule has 3 aromatic carbocycles. The number of carbonyl (C=O) groups excluding carboxylic acids is 2. The van der Waals surface area contributed by atoms with Crippen molar-refractivity contribution in [3.8, 4) is 16.9 Å². The average Bonchev–Trinajstić information content (AvgIpc) is 3.60. The fourth-order valence-corrected chi connectivity index (χ4v) is 5.02. The van der Waals surface area contributed by atoms with Crippen LogP contribution >= 0.6 is 11.6 Å². The highest BCUT2D eigenvalue weighted by Crippen LogP contribution is 2.34. The van der Waals surface area contributed by atoms with Gasteiger partial charge in [0.15, 0.2) is 0 Å². The van der Waals surface area contributed by atoms with Crippen LogP contribution in [0.2, 0.25) is 5.02 Å². The van der Waals surface area contributed by atoms with Crippen LogP contribution in [0, 0.1) is 6.92 Å². The number of halogens is 1. The van der Waals surface area contributed by atoms with Crippen molar-refractivity contribution in [2.75, 3.05) is 19.6 Å². The Morgan fingerprint density at radius 1 is 1.00 bits per heavy atom. The quantitative estimate of drug-likeness (QED) is 0.272. The van der Waals surface area contributed by atoms with E-state index < -0.39 is 23.8 Å². The van der Waals surface area contributed by atoms with Gasteiger partial charge in [-0.05, 0) is 74.5 Å². The molecule has 0 spiro atoms. The Labute approximate surface area is 228 Å². The number of benzene rings is 3. The molecule has 0 unspecified atom stereocenters. The second kappa shape index (κ2) is 11.7. The van der Waals surface area contributed by atoms with Gasteiger partial charge < -0.3 is 20.1 Å². The number of Topliss-reactive ketones (excluding diaryl/α,β-unsaturated/α-hetero) is 1. The molecule has 2 aliphatic rings. The number of hydrogen-bond acceptors (Lipinski definition) is 5. The molecule has 1 aliphatic heterocycles. The molecule has 198 valence electrons. The van der Waals surface area contributed by atoms with Crippen molar-refractivity contribution in [2.45, 2.75) is 50.9 Å². The summed E-state index contributed by atoms with van der Waals surface area (Å²) in [5, 5.41) is 14.5. The Morgan fingerprint density at radius 2 is 1.63 bits per heavy atom. The number of amides is 1. The van der Waals surface area contributed by atoms with Crippen LogP contribution in [-0.4, -0.2) is 53.5 Å². The van der Waals surface area contributed by atoms with Crippen LogP contribution in [0.3, 0.4) is 0 Å². The summed E-state index contributed by atoms with van der Waals surface area (Å²) < 4.78 is 5.81. The van der Waals surface area contributed by atoms with Gasteiger partial charge in [-0.3, -0.25) is 9.59 Å². The molecule has 6 nitrogen and oxygen atoms in total. The summed E-state index contributed by atoms with van der Waals surface area (Å²) in [5.41, 5.74) is 4.05. The first-order valence-electron chi connectivity index (χ1n) is 13.3.